The minimum absolute atomic E-state index is 0.137. The van der Waals surface area contributed by atoms with Crippen molar-refractivity contribution >= 4 is 5.97 Å². The van der Waals surface area contributed by atoms with E-state index < -0.39 is 0 Å². The molecule has 0 aliphatic carbocycles. The first-order chi connectivity index (χ1) is 8.54. The van der Waals surface area contributed by atoms with E-state index in [0.29, 0.717) is 25.6 Å². The van der Waals surface area contributed by atoms with Crippen molar-refractivity contribution in [1.29, 1.82) is 0 Å². The molecule has 0 saturated heterocycles. The second-order valence-electron chi connectivity index (χ2n) is 4.68. The molecular formula is C13H23N3O2. The minimum Gasteiger partial charge on any atom is -0.466 e. The van der Waals surface area contributed by atoms with Gasteiger partial charge in [0.25, 0.3) is 0 Å². The van der Waals surface area contributed by atoms with Crippen molar-refractivity contribution < 1.29 is 9.53 Å². The third-order valence-electron chi connectivity index (χ3n) is 2.74. The minimum atomic E-state index is -0.137. The highest BCUT2D eigenvalue weighted by Gasteiger charge is 2.09. The van der Waals surface area contributed by atoms with Gasteiger partial charge in [0.05, 0.1) is 25.0 Å². The maximum absolute atomic E-state index is 11.3. The molecule has 0 bridgehead atoms. The monoisotopic (exact) mass is 253 g/mol. The lowest BCUT2D eigenvalue weighted by Gasteiger charge is -2.18. The molecular weight excluding hydrogens is 230 g/mol. The van der Waals surface area contributed by atoms with Gasteiger partial charge in [0.15, 0.2) is 0 Å². The Balaban J connectivity index is 2.42. The van der Waals surface area contributed by atoms with Gasteiger partial charge in [-0.2, -0.15) is 0 Å². The summed E-state index contributed by atoms with van der Waals surface area (Å²) in [6, 6.07) is 0.404. The Morgan fingerprint density at radius 3 is 2.89 bits per heavy atom. The molecule has 0 radical (unpaired) electrons. The van der Waals surface area contributed by atoms with Crippen LogP contribution >= 0.6 is 0 Å². The summed E-state index contributed by atoms with van der Waals surface area (Å²) in [5.74, 6) is -0.137. The van der Waals surface area contributed by atoms with Crippen molar-refractivity contribution in [2.24, 2.45) is 0 Å². The highest BCUT2D eigenvalue weighted by atomic mass is 16.5. The molecule has 0 fully saturated rings. The lowest BCUT2D eigenvalue weighted by atomic mass is 10.3. The summed E-state index contributed by atoms with van der Waals surface area (Å²) in [7, 11) is 2.00. The second kappa shape index (κ2) is 7.16. The van der Waals surface area contributed by atoms with Gasteiger partial charge in [0.1, 0.15) is 0 Å². The first-order valence-electron chi connectivity index (χ1n) is 6.39. The Morgan fingerprint density at radius 2 is 2.28 bits per heavy atom. The first-order valence-corrected chi connectivity index (χ1v) is 6.39. The quantitative estimate of drug-likeness (QED) is 0.696. The number of carbonyl (C=O) groups excluding carboxylic acids is 1. The molecule has 0 aromatic carbocycles. The highest BCUT2D eigenvalue weighted by molar-refractivity contribution is 5.69. The Kier molecular flexibility index (Phi) is 5.85. The molecule has 5 nitrogen and oxygen atoms in total. The van der Waals surface area contributed by atoms with E-state index in [-0.39, 0.29) is 5.97 Å². The van der Waals surface area contributed by atoms with E-state index in [1.54, 1.807) is 0 Å². The molecule has 1 heterocycles. The lowest BCUT2D eigenvalue weighted by Crippen LogP contribution is -2.23. The zero-order valence-electron chi connectivity index (χ0n) is 11.7. The summed E-state index contributed by atoms with van der Waals surface area (Å²) in [6.07, 6.45) is 4.15. The molecule has 0 aliphatic heterocycles. The Morgan fingerprint density at radius 1 is 1.56 bits per heavy atom. The molecule has 0 spiro atoms. The molecule has 0 unspecified atom stereocenters. The summed E-state index contributed by atoms with van der Waals surface area (Å²) in [5, 5.41) is 0. The number of hydrogen-bond donors (Lipinski definition) is 0. The molecule has 1 rings (SSSR count). The number of carbonyl (C=O) groups is 1. The van der Waals surface area contributed by atoms with E-state index in [1.165, 1.54) is 0 Å². The molecule has 0 atom stereocenters. The van der Waals surface area contributed by atoms with Crippen molar-refractivity contribution in [2.75, 3.05) is 20.2 Å². The zero-order valence-corrected chi connectivity index (χ0v) is 11.7. The molecule has 102 valence electrons. The Bertz CT molecular complexity index is 374. The van der Waals surface area contributed by atoms with Gasteiger partial charge < -0.3 is 9.30 Å². The summed E-state index contributed by atoms with van der Waals surface area (Å²) in [4.78, 5) is 17.5. The number of esters is 1. The van der Waals surface area contributed by atoms with Gasteiger partial charge in [-0.25, -0.2) is 4.98 Å². The number of ether oxygens (including phenoxy) is 1. The molecule has 5 heteroatoms. The third kappa shape index (κ3) is 4.49. The molecule has 1 aromatic heterocycles. The molecule has 0 saturated carbocycles. The van der Waals surface area contributed by atoms with Crippen molar-refractivity contribution in [3.8, 4) is 0 Å². The topological polar surface area (TPSA) is 47.4 Å². The Labute approximate surface area is 109 Å². The van der Waals surface area contributed by atoms with Crippen LogP contribution in [0.5, 0.6) is 0 Å². The van der Waals surface area contributed by atoms with Gasteiger partial charge in [-0.1, -0.05) is 0 Å². The number of aromatic nitrogens is 2. The third-order valence-corrected chi connectivity index (χ3v) is 2.74. The molecule has 0 amide bonds. The van der Waals surface area contributed by atoms with Crippen molar-refractivity contribution in [3.05, 3.63) is 18.2 Å². The number of imidazole rings is 1. The van der Waals surface area contributed by atoms with Crippen LogP contribution in [0.15, 0.2) is 12.5 Å². The van der Waals surface area contributed by atoms with Crippen LogP contribution in [-0.2, 0) is 16.1 Å². The largest absolute Gasteiger partial charge is 0.466 e. The van der Waals surface area contributed by atoms with Gasteiger partial charge in [-0.3, -0.25) is 9.69 Å². The summed E-state index contributed by atoms with van der Waals surface area (Å²) >= 11 is 0. The predicted octanol–water partition coefficient (Wildman–Crippen LogP) is 1.85. The SMILES string of the molecule is CCOC(=O)CCN(C)Cc1cncn1C(C)C. The normalized spacial score (nSPS) is 11.2. The number of hydrogen-bond acceptors (Lipinski definition) is 4. The van der Waals surface area contributed by atoms with Crippen LogP contribution in [0.1, 0.15) is 38.9 Å². The van der Waals surface area contributed by atoms with Gasteiger partial charge in [0.2, 0.25) is 0 Å². The van der Waals surface area contributed by atoms with Crippen LogP contribution in [0.4, 0.5) is 0 Å². The average molecular weight is 253 g/mol. The predicted molar refractivity (Wildman–Crippen MR) is 70.2 cm³/mol. The van der Waals surface area contributed by atoms with Gasteiger partial charge >= 0.3 is 5.97 Å². The average Bonchev–Trinajstić information content (AvgIpc) is 2.75. The lowest BCUT2D eigenvalue weighted by molar-refractivity contribution is -0.143. The van der Waals surface area contributed by atoms with E-state index in [2.05, 4.69) is 28.3 Å². The fourth-order valence-electron chi connectivity index (χ4n) is 1.79. The Hall–Kier alpha value is -1.36. The van der Waals surface area contributed by atoms with Crippen LogP contribution in [0, 0.1) is 0 Å². The molecule has 1 aromatic rings. The smallest absolute Gasteiger partial charge is 0.307 e. The van der Waals surface area contributed by atoms with Crippen LogP contribution in [0.3, 0.4) is 0 Å². The standard InChI is InChI=1S/C13H23N3O2/c1-5-18-13(17)6-7-15(4)9-12-8-14-10-16(12)11(2)3/h8,10-11H,5-7,9H2,1-4H3. The van der Waals surface area contributed by atoms with E-state index in [1.807, 2.05) is 26.5 Å². The number of nitrogens with zero attached hydrogens (tertiary/aromatic N) is 3. The van der Waals surface area contributed by atoms with Crippen LogP contribution in [0.25, 0.3) is 0 Å². The second-order valence-corrected chi connectivity index (χ2v) is 4.68. The van der Waals surface area contributed by atoms with Crippen LogP contribution in [0.2, 0.25) is 0 Å². The maximum Gasteiger partial charge on any atom is 0.307 e. The molecule has 18 heavy (non-hydrogen) atoms. The van der Waals surface area contributed by atoms with Gasteiger partial charge in [0, 0.05) is 25.3 Å². The maximum atomic E-state index is 11.3. The van der Waals surface area contributed by atoms with Gasteiger partial charge in [-0.05, 0) is 27.8 Å². The van der Waals surface area contributed by atoms with Crippen LogP contribution < -0.4 is 0 Å². The van der Waals surface area contributed by atoms with Crippen molar-refractivity contribution in [2.45, 2.75) is 39.8 Å². The molecule has 0 N–H and O–H groups in total. The highest BCUT2D eigenvalue weighted by Crippen LogP contribution is 2.10. The van der Waals surface area contributed by atoms with E-state index in [9.17, 15) is 4.79 Å². The molecule has 0 aliphatic rings. The summed E-state index contributed by atoms with van der Waals surface area (Å²) in [6.45, 7) is 8.01. The number of rotatable bonds is 7. The fourth-order valence-corrected chi connectivity index (χ4v) is 1.79. The summed E-state index contributed by atoms with van der Waals surface area (Å²) < 4.78 is 7.05. The first kappa shape index (κ1) is 14.7. The van der Waals surface area contributed by atoms with Crippen molar-refractivity contribution in [3.63, 3.8) is 0 Å². The van der Waals surface area contributed by atoms with E-state index >= 15 is 0 Å². The fraction of sp³-hybridized carbons (Fsp3) is 0.692. The van der Waals surface area contributed by atoms with E-state index in [0.717, 1.165) is 12.2 Å². The zero-order chi connectivity index (χ0) is 13.5. The van der Waals surface area contributed by atoms with Crippen molar-refractivity contribution in [1.82, 2.24) is 14.5 Å². The van der Waals surface area contributed by atoms with E-state index in [4.69, 9.17) is 4.74 Å². The van der Waals surface area contributed by atoms with Crippen LogP contribution in [-0.4, -0.2) is 40.6 Å². The summed E-state index contributed by atoms with van der Waals surface area (Å²) in [5.41, 5.74) is 1.16. The van der Waals surface area contributed by atoms with Gasteiger partial charge in [-0.15, -0.1) is 0 Å².